The van der Waals surface area contributed by atoms with E-state index in [2.05, 4.69) is 10.1 Å². The van der Waals surface area contributed by atoms with Crippen LogP contribution in [0, 0.1) is 0 Å². The van der Waals surface area contributed by atoms with Crippen molar-refractivity contribution in [1.82, 2.24) is 14.8 Å². The van der Waals surface area contributed by atoms with Gasteiger partial charge in [-0.2, -0.15) is 5.10 Å². The largest absolute Gasteiger partial charge is 0.280 e. The fourth-order valence-electron chi connectivity index (χ4n) is 1.84. The highest BCUT2D eigenvalue weighted by Crippen LogP contribution is 2.22. The Morgan fingerprint density at radius 3 is 2.56 bits per heavy atom. The molecule has 0 bridgehead atoms. The number of alkyl halides is 2. The highest BCUT2D eigenvalue weighted by atomic mass is 19.3. The van der Waals surface area contributed by atoms with Crippen molar-refractivity contribution in [2.45, 2.75) is 25.8 Å². The third-order valence-electron chi connectivity index (χ3n) is 2.75. The summed E-state index contributed by atoms with van der Waals surface area (Å²) in [6, 6.07) is 2.96. The van der Waals surface area contributed by atoms with Gasteiger partial charge in [-0.3, -0.25) is 9.67 Å². The summed E-state index contributed by atoms with van der Waals surface area (Å²) in [5.41, 5.74) is 1.20. The molecule has 0 saturated heterocycles. The number of rotatable bonds is 4. The van der Waals surface area contributed by atoms with Crippen molar-refractivity contribution < 1.29 is 8.78 Å². The topological polar surface area (TPSA) is 30.7 Å². The summed E-state index contributed by atoms with van der Waals surface area (Å²) in [5, 5.41) is 4.14. The van der Waals surface area contributed by atoms with Gasteiger partial charge in [-0.1, -0.05) is 18.5 Å². The third kappa shape index (κ3) is 2.58. The van der Waals surface area contributed by atoms with Crippen LogP contribution in [0.3, 0.4) is 0 Å². The predicted molar refractivity (Wildman–Crippen MR) is 65.2 cm³/mol. The van der Waals surface area contributed by atoms with Crippen LogP contribution in [-0.2, 0) is 0 Å². The van der Waals surface area contributed by atoms with Crippen molar-refractivity contribution >= 4 is 13.3 Å². The zero-order valence-corrected chi connectivity index (χ0v) is 9.92. The maximum absolute atomic E-state index is 12.4. The molecule has 0 saturated carbocycles. The van der Waals surface area contributed by atoms with E-state index in [1.807, 2.05) is 6.92 Å². The second-order valence-electron chi connectivity index (χ2n) is 3.99. The molecule has 1 unspecified atom stereocenters. The predicted octanol–water partition coefficient (Wildman–Crippen LogP) is 2.01. The van der Waals surface area contributed by atoms with E-state index in [0.29, 0.717) is 5.46 Å². The van der Waals surface area contributed by atoms with Crippen molar-refractivity contribution in [3.05, 3.63) is 42.0 Å². The van der Waals surface area contributed by atoms with Crippen LogP contribution >= 0.6 is 0 Å². The van der Waals surface area contributed by atoms with E-state index < -0.39 is 6.43 Å². The lowest BCUT2D eigenvalue weighted by atomic mass is 10.0. The number of halogens is 2. The summed E-state index contributed by atoms with van der Waals surface area (Å²) in [5.74, 6) is 0. The Bertz CT molecular complexity index is 510. The monoisotopic (exact) mass is 247 g/mol. The molecule has 0 aromatic carbocycles. The third-order valence-corrected chi connectivity index (χ3v) is 2.75. The van der Waals surface area contributed by atoms with Gasteiger partial charge in [0.25, 0.3) is 6.43 Å². The quantitative estimate of drug-likeness (QED) is 0.773. The van der Waals surface area contributed by atoms with E-state index >= 15 is 0 Å². The van der Waals surface area contributed by atoms with E-state index in [4.69, 9.17) is 7.85 Å². The molecule has 2 radical (unpaired) electrons. The lowest BCUT2D eigenvalue weighted by molar-refractivity contribution is 0.146. The van der Waals surface area contributed by atoms with E-state index in [0.717, 1.165) is 12.0 Å². The summed E-state index contributed by atoms with van der Waals surface area (Å²) in [4.78, 5) is 3.76. The maximum Gasteiger partial charge on any atom is 0.280 e. The van der Waals surface area contributed by atoms with Gasteiger partial charge in [0.1, 0.15) is 13.5 Å². The van der Waals surface area contributed by atoms with Crippen molar-refractivity contribution in [3.8, 4) is 0 Å². The normalized spacial score (nSPS) is 12.9. The molecular formula is C12H12BF2N3. The Balaban J connectivity index is 2.28. The first kappa shape index (κ1) is 12.7. The molecule has 0 aliphatic rings. The zero-order valence-electron chi connectivity index (χ0n) is 9.92. The molecule has 2 heterocycles. The molecule has 18 heavy (non-hydrogen) atoms. The number of aromatic nitrogens is 3. The minimum absolute atomic E-state index is 0.0403. The van der Waals surface area contributed by atoms with Crippen LogP contribution < -0.4 is 5.46 Å². The minimum Gasteiger partial charge on any atom is -0.266 e. The Labute approximate surface area is 105 Å². The Hall–Kier alpha value is -1.72. The molecule has 2 aromatic heterocycles. The molecule has 92 valence electrons. The van der Waals surface area contributed by atoms with Crippen LogP contribution in [0.5, 0.6) is 0 Å². The van der Waals surface area contributed by atoms with Crippen LogP contribution in [0.4, 0.5) is 8.78 Å². The lowest BCUT2D eigenvalue weighted by Crippen LogP contribution is -2.11. The van der Waals surface area contributed by atoms with Gasteiger partial charge in [-0.15, -0.1) is 0 Å². The maximum atomic E-state index is 12.4. The van der Waals surface area contributed by atoms with Crippen LogP contribution in [0.25, 0.3) is 0 Å². The minimum atomic E-state index is -2.54. The molecule has 0 fully saturated rings. The molecule has 1 atom stereocenters. The molecule has 0 amide bonds. The lowest BCUT2D eigenvalue weighted by Gasteiger charge is -2.16. The van der Waals surface area contributed by atoms with Gasteiger partial charge in [0, 0.05) is 18.6 Å². The molecule has 0 aliphatic carbocycles. The smallest absolute Gasteiger partial charge is 0.266 e. The fraction of sp³-hybridized carbons (Fsp3) is 0.333. The van der Waals surface area contributed by atoms with Crippen molar-refractivity contribution in [2.75, 3.05) is 0 Å². The first-order chi connectivity index (χ1) is 8.61. The first-order valence-corrected chi connectivity index (χ1v) is 5.65. The number of hydrogen-bond acceptors (Lipinski definition) is 2. The standard InChI is InChI=1S/C12H12BF2N3/c1-2-11(18-7-9(13)6-17-18)8-3-4-10(12(14)15)16-5-8/h3-7,11-12H,2H2,1H3. The second-order valence-corrected chi connectivity index (χ2v) is 3.99. The molecular weight excluding hydrogens is 235 g/mol. The molecule has 0 spiro atoms. The summed E-state index contributed by atoms with van der Waals surface area (Å²) in [7, 11) is 5.61. The van der Waals surface area contributed by atoms with Gasteiger partial charge in [0.05, 0.1) is 6.04 Å². The molecule has 6 heteroatoms. The highest BCUT2D eigenvalue weighted by Gasteiger charge is 2.14. The summed E-state index contributed by atoms with van der Waals surface area (Å²) >= 11 is 0. The number of hydrogen-bond donors (Lipinski definition) is 0. The average Bonchev–Trinajstić information content (AvgIpc) is 2.77. The van der Waals surface area contributed by atoms with Crippen LogP contribution in [0.1, 0.15) is 37.1 Å². The summed E-state index contributed by atoms with van der Waals surface area (Å²) in [6.45, 7) is 1.99. The van der Waals surface area contributed by atoms with Gasteiger partial charge in [-0.05, 0) is 18.1 Å². The van der Waals surface area contributed by atoms with Crippen LogP contribution in [-0.4, -0.2) is 22.6 Å². The fourth-order valence-corrected chi connectivity index (χ4v) is 1.84. The van der Waals surface area contributed by atoms with Gasteiger partial charge in [-0.25, -0.2) is 8.78 Å². The summed E-state index contributed by atoms with van der Waals surface area (Å²) in [6.07, 6.45) is 2.97. The second kappa shape index (κ2) is 5.29. The molecule has 2 rings (SSSR count). The van der Waals surface area contributed by atoms with E-state index in [1.54, 1.807) is 23.1 Å². The van der Waals surface area contributed by atoms with Gasteiger partial charge < -0.3 is 0 Å². The SMILES string of the molecule is [B]c1cnn(C(CC)c2ccc(C(F)F)nc2)c1. The van der Waals surface area contributed by atoms with Crippen molar-refractivity contribution in [1.29, 1.82) is 0 Å². The molecule has 3 nitrogen and oxygen atoms in total. The Kier molecular flexibility index (Phi) is 3.74. The van der Waals surface area contributed by atoms with Gasteiger partial charge >= 0.3 is 0 Å². The van der Waals surface area contributed by atoms with E-state index in [-0.39, 0.29) is 11.7 Å². The van der Waals surface area contributed by atoms with Crippen molar-refractivity contribution in [2.24, 2.45) is 0 Å². The first-order valence-electron chi connectivity index (χ1n) is 5.65. The summed E-state index contributed by atoms with van der Waals surface area (Å²) < 4.78 is 26.5. The van der Waals surface area contributed by atoms with E-state index in [1.165, 1.54) is 12.3 Å². The van der Waals surface area contributed by atoms with Gasteiger partial charge in [0.15, 0.2) is 0 Å². The molecule has 0 aliphatic heterocycles. The Morgan fingerprint density at radius 1 is 1.33 bits per heavy atom. The number of pyridine rings is 1. The van der Waals surface area contributed by atoms with E-state index in [9.17, 15) is 8.78 Å². The molecule has 2 aromatic rings. The highest BCUT2D eigenvalue weighted by molar-refractivity contribution is 6.31. The molecule has 0 N–H and O–H groups in total. The van der Waals surface area contributed by atoms with Crippen LogP contribution in [0.15, 0.2) is 30.7 Å². The Morgan fingerprint density at radius 2 is 2.11 bits per heavy atom. The van der Waals surface area contributed by atoms with Crippen LogP contribution in [0.2, 0.25) is 0 Å². The average molecular weight is 247 g/mol. The van der Waals surface area contributed by atoms with Crippen molar-refractivity contribution in [3.63, 3.8) is 0 Å². The number of nitrogens with zero attached hydrogens (tertiary/aromatic N) is 3. The zero-order chi connectivity index (χ0) is 13.1. The van der Waals surface area contributed by atoms with Gasteiger partial charge in [0.2, 0.25) is 0 Å².